The summed E-state index contributed by atoms with van der Waals surface area (Å²) in [6.07, 6.45) is 3.37. The van der Waals surface area contributed by atoms with Crippen molar-refractivity contribution in [1.29, 1.82) is 0 Å². The number of benzene rings is 1. The molecule has 174 valence electrons. The second-order valence-corrected chi connectivity index (χ2v) is 9.61. The Morgan fingerprint density at radius 1 is 1.03 bits per heavy atom. The molecule has 8 nitrogen and oxygen atoms in total. The van der Waals surface area contributed by atoms with Crippen LogP contribution in [-0.4, -0.2) is 38.1 Å². The quantitative estimate of drug-likeness (QED) is 0.321. The fraction of sp³-hybridized carbons (Fsp3) is 0.280. The molecule has 1 amide bonds. The molecule has 34 heavy (non-hydrogen) atoms. The van der Waals surface area contributed by atoms with Crippen LogP contribution in [0, 0.1) is 6.92 Å². The van der Waals surface area contributed by atoms with Gasteiger partial charge in [0.2, 0.25) is 0 Å². The summed E-state index contributed by atoms with van der Waals surface area (Å²) in [5.74, 6) is 1.01. The highest BCUT2D eigenvalue weighted by Crippen LogP contribution is 2.33. The van der Waals surface area contributed by atoms with Gasteiger partial charge >= 0.3 is 0 Å². The van der Waals surface area contributed by atoms with Gasteiger partial charge in [0, 0.05) is 17.3 Å². The average molecular weight is 475 g/mol. The van der Waals surface area contributed by atoms with Crippen LogP contribution in [0.3, 0.4) is 0 Å². The predicted molar refractivity (Wildman–Crippen MR) is 136 cm³/mol. The van der Waals surface area contributed by atoms with Crippen LogP contribution in [0.5, 0.6) is 0 Å². The van der Waals surface area contributed by atoms with Gasteiger partial charge in [0.1, 0.15) is 17.3 Å². The van der Waals surface area contributed by atoms with Gasteiger partial charge in [-0.25, -0.2) is 15.0 Å². The van der Waals surface area contributed by atoms with Crippen LogP contribution >= 0.6 is 11.3 Å². The summed E-state index contributed by atoms with van der Waals surface area (Å²) in [7, 11) is 0. The number of aryl methyl sites for hydroxylation is 1. The summed E-state index contributed by atoms with van der Waals surface area (Å²) in [6.45, 7) is 1.87. The molecule has 4 aromatic rings. The molecular formula is C25H26N6O2S. The highest BCUT2D eigenvalue weighted by atomic mass is 32.1. The van der Waals surface area contributed by atoms with Gasteiger partial charge in [-0.05, 0) is 68.5 Å². The lowest BCUT2D eigenvalue weighted by molar-refractivity contribution is 0.0995. The summed E-state index contributed by atoms with van der Waals surface area (Å²) in [5, 5.41) is 17.3. The molecule has 0 unspecified atom stereocenters. The van der Waals surface area contributed by atoms with Crippen molar-refractivity contribution in [3.8, 4) is 11.1 Å². The lowest BCUT2D eigenvalue weighted by Gasteiger charge is -2.26. The topological polar surface area (TPSA) is 126 Å². The number of nitrogens with one attached hydrogen (secondary N) is 2. The summed E-state index contributed by atoms with van der Waals surface area (Å²) in [4.78, 5) is 25.1. The molecule has 0 radical (unpaired) electrons. The Kier molecular flexibility index (Phi) is 6.12. The number of fused-ring (bicyclic) bond motifs is 1. The summed E-state index contributed by atoms with van der Waals surface area (Å²) in [6, 6.07) is 15.8. The first kappa shape index (κ1) is 22.2. The number of rotatable bonds is 6. The number of primary amides is 1. The number of aromatic nitrogens is 3. The number of aliphatic hydroxyl groups is 1. The van der Waals surface area contributed by atoms with Crippen molar-refractivity contribution in [2.24, 2.45) is 5.73 Å². The molecule has 0 aliphatic heterocycles. The van der Waals surface area contributed by atoms with Gasteiger partial charge in [-0.15, -0.1) is 0 Å². The van der Waals surface area contributed by atoms with Crippen LogP contribution < -0.4 is 16.4 Å². The third kappa shape index (κ3) is 4.85. The number of pyridine rings is 2. The number of aliphatic hydroxyl groups excluding tert-OH is 1. The Hall–Kier alpha value is -3.56. The second-order valence-electron chi connectivity index (χ2n) is 8.58. The van der Waals surface area contributed by atoms with E-state index in [0.29, 0.717) is 6.04 Å². The van der Waals surface area contributed by atoms with Gasteiger partial charge in [0.05, 0.1) is 16.3 Å². The van der Waals surface area contributed by atoms with E-state index in [1.54, 1.807) is 17.4 Å². The van der Waals surface area contributed by atoms with E-state index in [9.17, 15) is 9.90 Å². The molecule has 9 heteroatoms. The number of nitrogens with two attached hydrogens (primary N) is 1. The minimum absolute atomic E-state index is 0.173. The maximum atomic E-state index is 11.4. The minimum atomic E-state index is -0.534. The fourth-order valence-corrected chi connectivity index (χ4v) is 5.18. The lowest BCUT2D eigenvalue weighted by Crippen LogP contribution is -2.28. The third-order valence-corrected chi connectivity index (χ3v) is 7.00. The second kappa shape index (κ2) is 9.36. The van der Waals surface area contributed by atoms with Crippen molar-refractivity contribution >= 4 is 44.2 Å². The molecule has 1 saturated carbocycles. The van der Waals surface area contributed by atoms with E-state index in [-0.39, 0.29) is 11.8 Å². The number of amides is 1. The van der Waals surface area contributed by atoms with Gasteiger partial charge in [-0.3, -0.25) is 4.79 Å². The first-order valence-corrected chi connectivity index (χ1v) is 12.1. The van der Waals surface area contributed by atoms with Crippen LogP contribution in [0.2, 0.25) is 0 Å². The molecule has 0 bridgehead atoms. The van der Waals surface area contributed by atoms with E-state index in [0.717, 1.165) is 69.5 Å². The van der Waals surface area contributed by atoms with Gasteiger partial charge in [-0.1, -0.05) is 29.5 Å². The minimum Gasteiger partial charge on any atom is -0.393 e. The van der Waals surface area contributed by atoms with Crippen molar-refractivity contribution in [3.05, 3.63) is 59.9 Å². The average Bonchev–Trinajstić information content (AvgIpc) is 3.22. The van der Waals surface area contributed by atoms with E-state index in [4.69, 9.17) is 10.7 Å². The zero-order valence-electron chi connectivity index (χ0n) is 18.8. The number of hydrogen-bond acceptors (Lipinski definition) is 8. The molecule has 0 atom stereocenters. The molecule has 1 aliphatic rings. The maximum Gasteiger partial charge on any atom is 0.267 e. The van der Waals surface area contributed by atoms with E-state index in [2.05, 4.69) is 26.7 Å². The number of nitrogens with zero attached hydrogens (tertiary/aromatic N) is 3. The fourth-order valence-electron chi connectivity index (χ4n) is 4.27. The molecule has 1 aromatic carbocycles. The van der Waals surface area contributed by atoms with Crippen molar-refractivity contribution in [3.63, 3.8) is 0 Å². The Labute approximate surface area is 201 Å². The molecule has 0 spiro atoms. The highest BCUT2D eigenvalue weighted by molar-refractivity contribution is 7.22. The van der Waals surface area contributed by atoms with E-state index in [1.807, 2.05) is 43.3 Å². The Bertz CT molecular complexity index is 1350. The van der Waals surface area contributed by atoms with Crippen LogP contribution in [0.4, 0.5) is 16.8 Å². The van der Waals surface area contributed by atoms with Gasteiger partial charge < -0.3 is 21.5 Å². The van der Waals surface area contributed by atoms with Crippen molar-refractivity contribution < 1.29 is 9.90 Å². The molecular weight excluding hydrogens is 448 g/mol. The van der Waals surface area contributed by atoms with Gasteiger partial charge in [-0.2, -0.15) is 0 Å². The summed E-state index contributed by atoms with van der Waals surface area (Å²) >= 11 is 1.55. The zero-order valence-corrected chi connectivity index (χ0v) is 19.6. The van der Waals surface area contributed by atoms with Gasteiger partial charge in [0.15, 0.2) is 5.13 Å². The van der Waals surface area contributed by atoms with Crippen molar-refractivity contribution in [2.75, 3.05) is 10.6 Å². The van der Waals surface area contributed by atoms with Crippen LogP contribution in [0.15, 0.2) is 48.5 Å². The van der Waals surface area contributed by atoms with Crippen LogP contribution in [-0.2, 0) is 0 Å². The Morgan fingerprint density at radius 2 is 1.82 bits per heavy atom. The molecule has 3 heterocycles. The number of carbonyl (C=O) groups excluding carboxylic acids is 1. The largest absolute Gasteiger partial charge is 0.393 e. The highest BCUT2D eigenvalue weighted by Gasteiger charge is 2.19. The predicted octanol–water partition coefficient (Wildman–Crippen LogP) is 4.62. The Balaban J connectivity index is 1.33. The first-order chi connectivity index (χ1) is 16.4. The first-order valence-electron chi connectivity index (χ1n) is 11.3. The maximum absolute atomic E-state index is 11.4. The number of anilines is 3. The molecule has 5 N–H and O–H groups in total. The van der Waals surface area contributed by atoms with E-state index >= 15 is 0 Å². The monoisotopic (exact) mass is 474 g/mol. The van der Waals surface area contributed by atoms with Crippen molar-refractivity contribution in [2.45, 2.75) is 44.8 Å². The normalized spacial score (nSPS) is 18.1. The van der Waals surface area contributed by atoms with E-state index in [1.165, 1.54) is 0 Å². The summed E-state index contributed by atoms with van der Waals surface area (Å²) in [5.41, 5.74) is 9.20. The zero-order chi connectivity index (χ0) is 23.7. The molecule has 3 aromatic heterocycles. The molecule has 5 rings (SSSR count). The van der Waals surface area contributed by atoms with Crippen molar-refractivity contribution in [1.82, 2.24) is 15.0 Å². The smallest absolute Gasteiger partial charge is 0.267 e. The summed E-state index contributed by atoms with van der Waals surface area (Å²) < 4.78 is 1.04. The molecule has 1 aliphatic carbocycles. The van der Waals surface area contributed by atoms with Gasteiger partial charge in [0.25, 0.3) is 5.91 Å². The number of hydrogen-bond donors (Lipinski definition) is 4. The third-order valence-electron chi connectivity index (χ3n) is 6.07. The standard InChI is InChI=1S/C25H26N6O2S/c1-14-18(10-12-20(27-14)24(26)33)15-5-11-19-21(13-15)34-25(29-19)31-23-4-2-3-22(30-23)28-16-6-8-17(32)9-7-16/h2-5,10-13,16-17,32H,6-9H2,1H3,(H2,26,33)(H2,28,29,30,31)/t16-,17-. The van der Waals surface area contributed by atoms with E-state index < -0.39 is 5.91 Å². The number of thiazole rings is 1. The molecule has 1 fully saturated rings. The number of carbonyl (C=O) groups is 1. The van der Waals surface area contributed by atoms with Crippen LogP contribution in [0.25, 0.3) is 21.3 Å². The lowest BCUT2D eigenvalue weighted by atomic mass is 9.93. The SMILES string of the molecule is Cc1nc(C(N)=O)ccc1-c1ccc2nc(Nc3cccc(N[C@H]4CC[C@H](O)CC4)n3)sc2c1. The molecule has 0 saturated heterocycles. The Morgan fingerprint density at radius 3 is 2.59 bits per heavy atom. The van der Waals surface area contributed by atoms with Crippen LogP contribution in [0.1, 0.15) is 41.9 Å².